The van der Waals surface area contributed by atoms with E-state index in [-0.39, 0.29) is 18.5 Å². The maximum absolute atomic E-state index is 13.2. The van der Waals surface area contributed by atoms with Gasteiger partial charge in [-0.15, -0.1) is 0 Å². The van der Waals surface area contributed by atoms with Gasteiger partial charge in [-0.2, -0.15) is 0 Å². The van der Waals surface area contributed by atoms with Gasteiger partial charge in [-0.05, 0) is 54.1 Å². The molecule has 1 aliphatic heterocycles. The predicted octanol–water partition coefficient (Wildman–Crippen LogP) is 3.83. The van der Waals surface area contributed by atoms with E-state index < -0.39 is 0 Å². The van der Waals surface area contributed by atoms with Crippen LogP contribution in [0.1, 0.15) is 21.6 Å². The molecule has 2 heterocycles. The number of halogens is 1. The van der Waals surface area contributed by atoms with Crippen LogP contribution in [0.4, 0.5) is 4.39 Å². The lowest BCUT2D eigenvalue weighted by Crippen LogP contribution is -2.32. The minimum Gasteiger partial charge on any atom is -0.454 e. The number of nitrogens with zero attached hydrogens (tertiary/aromatic N) is 2. The van der Waals surface area contributed by atoms with Crippen molar-refractivity contribution in [2.75, 3.05) is 13.3 Å². The van der Waals surface area contributed by atoms with Gasteiger partial charge in [-0.1, -0.05) is 12.1 Å². The number of hydrogen-bond donors (Lipinski definition) is 0. The monoisotopic (exact) mass is 378 g/mol. The summed E-state index contributed by atoms with van der Waals surface area (Å²) in [6.45, 7) is 1.10. The molecule has 0 N–H and O–H groups in total. The topological polar surface area (TPSA) is 51.7 Å². The highest BCUT2D eigenvalue weighted by molar-refractivity contribution is 5.94. The molecule has 0 radical (unpaired) electrons. The van der Waals surface area contributed by atoms with Crippen molar-refractivity contribution in [3.05, 3.63) is 89.5 Å². The maximum atomic E-state index is 13.2. The molecule has 0 saturated heterocycles. The number of aromatic nitrogens is 1. The Hall–Kier alpha value is -3.41. The Labute approximate surface area is 162 Å². The SMILES string of the molecule is O=C(c1ccc(F)cc1)N(CCc1ccccn1)Cc1ccc2c(c1)OCO2. The summed E-state index contributed by atoms with van der Waals surface area (Å²) >= 11 is 0. The quantitative estimate of drug-likeness (QED) is 0.654. The van der Waals surface area contributed by atoms with Crippen LogP contribution in [0.2, 0.25) is 0 Å². The van der Waals surface area contributed by atoms with E-state index in [1.54, 1.807) is 11.1 Å². The summed E-state index contributed by atoms with van der Waals surface area (Å²) in [5.41, 5.74) is 2.29. The van der Waals surface area contributed by atoms with E-state index in [1.807, 2.05) is 36.4 Å². The molecule has 1 amide bonds. The van der Waals surface area contributed by atoms with Gasteiger partial charge < -0.3 is 14.4 Å². The number of rotatable bonds is 6. The van der Waals surface area contributed by atoms with Crippen LogP contribution in [-0.2, 0) is 13.0 Å². The molecule has 0 unspecified atom stereocenters. The van der Waals surface area contributed by atoms with Crippen molar-refractivity contribution < 1.29 is 18.7 Å². The molecule has 0 atom stereocenters. The first-order valence-electron chi connectivity index (χ1n) is 9.02. The van der Waals surface area contributed by atoms with Crippen LogP contribution < -0.4 is 9.47 Å². The zero-order valence-corrected chi connectivity index (χ0v) is 15.2. The lowest BCUT2D eigenvalue weighted by molar-refractivity contribution is 0.0744. The van der Waals surface area contributed by atoms with Crippen molar-refractivity contribution in [2.45, 2.75) is 13.0 Å². The first-order chi connectivity index (χ1) is 13.7. The highest BCUT2D eigenvalue weighted by atomic mass is 19.1. The fourth-order valence-corrected chi connectivity index (χ4v) is 3.08. The maximum Gasteiger partial charge on any atom is 0.254 e. The molecular formula is C22H19FN2O3. The number of pyridine rings is 1. The second-order valence-corrected chi connectivity index (χ2v) is 6.49. The summed E-state index contributed by atoms with van der Waals surface area (Å²) in [4.78, 5) is 19.1. The molecule has 0 spiro atoms. The van der Waals surface area contributed by atoms with Crippen molar-refractivity contribution >= 4 is 5.91 Å². The van der Waals surface area contributed by atoms with Crippen LogP contribution in [0, 0.1) is 5.82 Å². The molecule has 0 fully saturated rings. The molecule has 5 nitrogen and oxygen atoms in total. The summed E-state index contributed by atoms with van der Waals surface area (Å²) in [6, 6.07) is 17.0. The summed E-state index contributed by atoms with van der Waals surface area (Å²) in [6.07, 6.45) is 2.36. The van der Waals surface area contributed by atoms with Crippen molar-refractivity contribution in [1.82, 2.24) is 9.88 Å². The largest absolute Gasteiger partial charge is 0.454 e. The highest BCUT2D eigenvalue weighted by Gasteiger charge is 2.19. The fraction of sp³-hybridized carbons (Fsp3) is 0.182. The smallest absolute Gasteiger partial charge is 0.254 e. The summed E-state index contributed by atoms with van der Waals surface area (Å²) in [5, 5.41) is 0. The van der Waals surface area contributed by atoms with Crippen molar-refractivity contribution in [1.29, 1.82) is 0 Å². The van der Waals surface area contributed by atoms with E-state index in [4.69, 9.17) is 9.47 Å². The minimum absolute atomic E-state index is 0.159. The van der Waals surface area contributed by atoms with Crippen LogP contribution >= 0.6 is 0 Å². The lowest BCUT2D eigenvalue weighted by Gasteiger charge is -2.23. The molecule has 0 saturated carbocycles. The molecule has 0 bridgehead atoms. The normalized spacial score (nSPS) is 12.0. The number of carbonyl (C=O) groups is 1. The van der Waals surface area contributed by atoms with Gasteiger partial charge in [0, 0.05) is 37.0 Å². The van der Waals surface area contributed by atoms with E-state index >= 15 is 0 Å². The molecule has 142 valence electrons. The van der Waals surface area contributed by atoms with E-state index in [1.165, 1.54) is 24.3 Å². The highest BCUT2D eigenvalue weighted by Crippen LogP contribution is 2.33. The Bertz CT molecular complexity index is 961. The average molecular weight is 378 g/mol. The molecule has 4 rings (SSSR count). The Balaban J connectivity index is 1.55. The Kier molecular flexibility index (Phi) is 5.19. The van der Waals surface area contributed by atoms with Gasteiger partial charge in [0.2, 0.25) is 6.79 Å². The number of hydrogen-bond acceptors (Lipinski definition) is 4. The number of carbonyl (C=O) groups excluding carboxylic acids is 1. The van der Waals surface area contributed by atoms with Crippen molar-refractivity contribution in [3.63, 3.8) is 0 Å². The first kappa shape index (κ1) is 18.0. The Morgan fingerprint density at radius 1 is 1.04 bits per heavy atom. The molecule has 2 aromatic carbocycles. The third kappa shape index (κ3) is 4.11. The predicted molar refractivity (Wildman–Crippen MR) is 102 cm³/mol. The van der Waals surface area contributed by atoms with Crippen LogP contribution in [0.5, 0.6) is 11.5 Å². The average Bonchev–Trinajstić information content (AvgIpc) is 3.20. The number of fused-ring (bicyclic) bond motifs is 1. The van der Waals surface area contributed by atoms with E-state index in [0.29, 0.717) is 36.6 Å². The third-order valence-corrected chi connectivity index (χ3v) is 4.55. The number of amides is 1. The van der Waals surface area contributed by atoms with E-state index in [9.17, 15) is 9.18 Å². The van der Waals surface area contributed by atoms with Gasteiger partial charge in [0.05, 0.1) is 0 Å². The van der Waals surface area contributed by atoms with Gasteiger partial charge in [0.1, 0.15) is 5.82 Å². The number of ether oxygens (including phenoxy) is 2. The molecule has 28 heavy (non-hydrogen) atoms. The minimum atomic E-state index is -0.368. The second kappa shape index (κ2) is 8.08. The van der Waals surface area contributed by atoms with Crippen LogP contribution in [0.3, 0.4) is 0 Å². The van der Waals surface area contributed by atoms with Crippen molar-refractivity contribution in [2.24, 2.45) is 0 Å². The van der Waals surface area contributed by atoms with E-state index in [0.717, 1.165) is 11.3 Å². The fourth-order valence-electron chi connectivity index (χ4n) is 3.08. The summed E-state index contributed by atoms with van der Waals surface area (Å²) < 4.78 is 24.0. The van der Waals surface area contributed by atoms with Crippen molar-refractivity contribution in [3.8, 4) is 11.5 Å². The lowest BCUT2D eigenvalue weighted by atomic mass is 10.1. The van der Waals surface area contributed by atoms with Crippen LogP contribution in [0.25, 0.3) is 0 Å². The third-order valence-electron chi connectivity index (χ3n) is 4.55. The molecule has 1 aliphatic rings. The van der Waals surface area contributed by atoms with Gasteiger partial charge in [0.25, 0.3) is 5.91 Å². The zero-order chi connectivity index (χ0) is 19.3. The molecule has 1 aromatic heterocycles. The first-order valence-corrected chi connectivity index (χ1v) is 9.02. The van der Waals surface area contributed by atoms with Crippen LogP contribution in [0.15, 0.2) is 66.9 Å². The zero-order valence-electron chi connectivity index (χ0n) is 15.2. The van der Waals surface area contributed by atoms with E-state index in [2.05, 4.69) is 4.98 Å². The second-order valence-electron chi connectivity index (χ2n) is 6.49. The number of benzene rings is 2. The van der Waals surface area contributed by atoms with Gasteiger partial charge in [-0.25, -0.2) is 4.39 Å². The Morgan fingerprint density at radius 2 is 1.86 bits per heavy atom. The molecule has 0 aliphatic carbocycles. The standard InChI is InChI=1S/C22H19FN2O3/c23-18-7-5-17(6-8-18)22(26)25(12-10-19-3-1-2-11-24-19)14-16-4-9-20-21(13-16)28-15-27-20/h1-9,11,13H,10,12,14-15H2. The van der Waals surface area contributed by atoms with Gasteiger partial charge in [0.15, 0.2) is 11.5 Å². The van der Waals surface area contributed by atoms with Gasteiger partial charge >= 0.3 is 0 Å². The van der Waals surface area contributed by atoms with Crippen LogP contribution in [-0.4, -0.2) is 29.1 Å². The molecular weight excluding hydrogens is 359 g/mol. The summed E-state index contributed by atoms with van der Waals surface area (Å²) in [7, 11) is 0. The molecule has 3 aromatic rings. The van der Waals surface area contributed by atoms with Gasteiger partial charge in [-0.3, -0.25) is 9.78 Å². The Morgan fingerprint density at radius 3 is 2.64 bits per heavy atom. The summed E-state index contributed by atoms with van der Waals surface area (Å²) in [5.74, 6) is 0.853. The molecule has 6 heteroatoms.